The van der Waals surface area contributed by atoms with E-state index in [1.165, 1.54) is 6.07 Å². The highest BCUT2D eigenvalue weighted by Crippen LogP contribution is 2.30. The number of alkyl halides is 3. The van der Waals surface area contributed by atoms with Gasteiger partial charge in [0, 0.05) is 5.41 Å². The molecule has 1 aromatic rings. The lowest BCUT2D eigenvalue weighted by atomic mass is 9.80. The highest BCUT2D eigenvalue weighted by Gasteiger charge is 2.35. The minimum Gasteiger partial charge on any atom is -0.324 e. The van der Waals surface area contributed by atoms with Crippen molar-refractivity contribution in [2.45, 2.75) is 25.9 Å². The topological polar surface area (TPSA) is 54.0 Å². The number of piperidine rings is 1. The van der Waals surface area contributed by atoms with Gasteiger partial charge >= 0.3 is 6.18 Å². The van der Waals surface area contributed by atoms with Crippen LogP contribution < -0.4 is 10.6 Å². The predicted octanol–water partition coefficient (Wildman–Crippen LogP) is 2.43. The van der Waals surface area contributed by atoms with Crippen LogP contribution in [0.4, 0.5) is 18.9 Å². The van der Waals surface area contributed by atoms with Gasteiger partial charge in [0.1, 0.15) is 5.69 Å². The van der Waals surface area contributed by atoms with Crippen molar-refractivity contribution in [3.63, 3.8) is 0 Å². The number of hydrogen-bond acceptors (Lipinski definition) is 3. The van der Waals surface area contributed by atoms with Crippen LogP contribution in [0.3, 0.4) is 0 Å². The maximum atomic E-state index is 12.4. The van der Waals surface area contributed by atoms with Gasteiger partial charge in [0.15, 0.2) is 0 Å². The largest absolute Gasteiger partial charge is 0.433 e. The Bertz CT molecular complexity index is 479. The number of hydrogen-bond donors (Lipinski definition) is 2. The van der Waals surface area contributed by atoms with Gasteiger partial charge in [-0.05, 0) is 38.1 Å². The van der Waals surface area contributed by atoms with Crippen LogP contribution in [-0.2, 0) is 11.0 Å². The Morgan fingerprint density at radius 3 is 2.50 bits per heavy atom. The summed E-state index contributed by atoms with van der Waals surface area (Å²) in [4.78, 5) is 15.5. The molecule has 2 rings (SSSR count). The quantitative estimate of drug-likeness (QED) is 0.878. The van der Waals surface area contributed by atoms with Gasteiger partial charge in [0.05, 0.1) is 11.9 Å². The molecule has 20 heavy (non-hydrogen) atoms. The van der Waals surface area contributed by atoms with E-state index in [4.69, 9.17) is 0 Å². The third kappa shape index (κ3) is 3.27. The van der Waals surface area contributed by atoms with Crippen LogP contribution in [0.1, 0.15) is 25.5 Å². The average Bonchev–Trinajstić information content (AvgIpc) is 2.39. The van der Waals surface area contributed by atoms with Gasteiger partial charge in [0.2, 0.25) is 5.91 Å². The summed E-state index contributed by atoms with van der Waals surface area (Å²) in [7, 11) is 0. The van der Waals surface area contributed by atoms with Gasteiger partial charge in [-0.2, -0.15) is 13.2 Å². The van der Waals surface area contributed by atoms with Crippen molar-refractivity contribution >= 4 is 11.6 Å². The standard InChI is InChI=1S/C13H16F3N3O/c1-12(4-6-17-7-5-12)11(20)19-9-2-3-10(18-8-9)13(14,15)16/h2-3,8,17H,4-7H2,1H3,(H,19,20). The molecule has 2 N–H and O–H groups in total. The normalized spacial score (nSPS) is 18.6. The summed E-state index contributed by atoms with van der Waals surface area (Å²) in [6, 6.07) is 2.08. The average molecular weight is 287 g/mol. The Labute approximate surface area is 114 Å². The number of halogens is 3. The number of pyridine rings is 1. The Morgan fingerprint density at radius 1 is 1.35 bits per heavy atom. The van der Waals surface area contributed by atoms with Gasteiger partial charge in [0.25, 0.3) is 0 Å². The third-order valence-electron chi connectivity index (χ3n) is 3.57. The Balaban J connectivity index is 2.04. The van der Waals surface area contributed by atoms with Crippen LogP contribution in [0.15, 0.2) is 18.3 Å². The van der Waals surface area contributed by atoms with Crippen molar-refractivity contribution in [3.8, 4) is 0 Å². The van der Waals surface area contributed by atoms with Crippen molar-refractivity contribution in [3.05, 3.63) is 24.0 Å². The number of amides is 1. The smallest absolute Gasteiger partial charge is 0.324 e. The summed E-state index contributed by atoms with van der Waals surface area (Å²) in [6.07, 6.45) is -2.03. The summed E-state index contributed by atoms with van der Waals surface area (Å²) in [6.45, 7) is 3.38. The van der Waals surface area contributed by atoms with Crippen LogP contribution in [0.25, 0.3) is 0 Å². The Kier molecular flexibility index (Phi) is 3.99. The van der Waals surface area contributed by atoms with E-state index in [0.29, 0.717) is 12.8 Å². The lowest BCUT2D eigenvalue weighted by Gasteiger charge is -2.32. The van der Waals surface area contributed by atoms with E-state index in [1.54, 1.807) is 0 Å². The molecule has 1 aromatic heterocycles. The van der Waals surface area contributed by atoms with E-state index < -0.39 is 17.3 Å². The minimum absolute atomic E-state index is 0.180. The molecule has 0 bridgehead atoms. The molecule has 0 aromatic carbocycles. The third-order valence-corrected chi connectivity index (χ3v) is 3.57. The second-order valence-corrected chi connectivity index (χ2v) is 5.19. The molecular formula is C13H16F3N3O. The lowest BCUT2D eigenvalue weighted by Crippen LogP contribution is -2.42. The van der Waals surface area contributed by atoms with E-state index in [0.717, 1.165) is 25.4 Å². The summed E-state index contributed by atoms with van der Waals surface area (Å²) in [5, 5.41) is 5.80. The Hall–Kier alpha value is -1.63. The van der Waals surface area contributed by atoms with Gasteiger partial charge in [-0.15, -0.1) is 0 Å². The number of carbonyl (C=O) groups is 1. The fourth-order valence-electron chi connectivity index (χ4n) is 2.12. The first kappa shape index (κ1) is 14.8. The molecule has 1 amide bonds. The first-order valence-electron chi connectivity index (χ1n) is 6.37. The molecule has 2 heterocycles. The predicted molar refractivity (Wildman–Crippen MR) is 68.1 cm³/mol. The zero-order valence-electron chi connectivity index (χ0n) is 11.0. The second-order valence-electron chi connectivity index (χ2n) is 5.19. The summed E-state index contributed by atoms with van der Waals surface area (Å²) in [5.74, 6) is -0.180. The molecule has 0 atom stereocenters. The van der Waals surface area contributed by atoms with Gasteiger partial charge in [-0.3, -0.25) is 4.79 Å². The molecule has 0 radical (unpaired) electrons. The van der Waals surface area contributed by atoms with E-state index >= 15 is 0 Å². The van der Waals surface area contributed by atoms with Crippen LogP contribution >= 0.6 is 0 Å². The van der Waals surface area contributed by atoms with Crippen LogP contribution in [0.2, 0.25) is 0 Å². The SMILES string of the molecule is CC1(C(=O)Nc2ccc(C(F)(F)F)nc2)CCNCC1. The molecule has 110 valence electrons. The fraction of sp³-hybridized carbons (Fsp3) is 0.538. The van der Waals surface area contributed by atoms with E-state index in [2.05, 4.69) is 15.6 Å². The number of nitrogens with one attached hydrogen (secondary N) is 2. The first-order chi connectivity index (χ1) is 9.31. The van der Waals surface area contributed by atoms with Crippen LogP contribution in [0, 0.1) is 5.41 Å². The van der Waals surface area contributed by atoms with Crippen molar-refractivity contribution in [1.29, 1.82) is 0 Å². The molecule has 4 nitrogen and oxygen atoms in total. The van der Waals surface area contributed by atoms with Crippen molar-refractivity contribution in [1.82, 2.24) is 10.3 Å². The number of rotatable bonds is 2. The van der Waals surface area contributed by atoms with Crippen LogP contribution in [0.5, 0.6) is 0 Å². The molecule has 0 aliphatic carbocycles. The van der Waals surface area contributed by atoms with Gasteiger partial charge < -0.3 is 10.6 Å². The van der Waals surface area contributed by atoms with E-state index in [-0.39, 0.29) is 11.6 Å². The van der Waals surface area contributed by atoms with Crippen molar-refractivity contribution < 1.29 is 18.0 Å². The molecule has 1 aliphatic heterocycles. The summed E-state index contributed by atoms with van der Waals surface area (Å²) >= 11 is 0. The number of nitrogens with zero attached hydrogens (tertiary/aromatic N) is 1. The highest BCUT2D eigenvalue weighted by atomic mass is 19.4. The number of anilines is 1. The maximum absolute atomic E-state index is 12.4. The molecule has 1 aliphatic rings. The van der Waals surface area contributed by atoms with E-state index in [1.807, 2.05) is 6.92 Å². The molecule has 1 saturated heterocycles. The zero-order valence-corrected chi connectivity index (χ0v) is 11.0. The molecule has 7 heteroatoms. The Morgan fingerprint density at radius 2 is 2.00 bits per heavy atom. The fourth-order valence-corrected chi connectivity index (χ4v) is 2.12. The highest BCUT2D eigenvalue weighted by molar-refractivity contribution is 5.95. The summed E-state index contributed by atoms with van der Waals surface area (Å²) < 4.78 is 37.1. The molecular weight excluding hydrogens is 271 g/mol. The number of carbonyl (C=O) groups excluding carboxylic acids is 1. The van der Waals surface area contributed by atoms with Gasteiger partial charge in [-0.25, -0.2) is 4.98 Å². The molecule has 0 spiro atoms. The maximum Gasteiger partial charge on any atom is 0.433 e. The monoisotopic (exact) mass is 287 g/mol. The second kappa shape index (κ2) is 5.40. The number of aromatic nitrogens is 1. The summed E-state index contributed by atoms with van der Waals surface area (Å²) in [5.41, 5.74) is -1.18. The zero-order chi connectivity index (χ0) is 14.8. The van der Waals surface area contributed by atoms with E-state index in [9.17, 15) is 18.0 Å². The van der Waals surface area contributed by atoms with Crippen molar-refractivity contribution in [2.24, 2.45) is 5.41 Å². The minimum atomic E-state index is -4.47. The molecule has 0 unspecified atom stereocenters. The van der Waals surface area contributed by atoms with Crippen LogP contribution in [-0.4, -0.2) is 24.0 Å². The molecule has 0 saturated carbocycles. The van der Waals surface area contributed by atoms with Gasteiger partial charge in [-0.1, -0.05) is 6.92 Å². The lowest BCUT2D eigenvalue weighted by molar-refractivity contribution is -0.141. The first-order valence-corrected chi connectivity index (χ1v) is 6.37. The van der Waals surface area contributed by atoms with Crippen molar-refractivity contribution in [2.75, 3.05) is 18.4 Å². The molecule has 1 fully saturated rings.